The van der Waals surface area contributed by atoms with Gasteiger partial charge in [0.25, 0.3) is 11.8 Å². The minimum absolute atomic E-state index is 0.215. The van der Waals surface area contributed by atoms with Gasteiger partial charge in [-0.15, -0.1) is 0 Å². The minimum Gasteiger partial charge on any atom is -0.493 e. The maximum atomic E-state index is 12.9. The lowest BCUT2D eigenvalue weighted by molar-refractivity contribution is 0.101. The quantitative estimate of drug-likeness (QED) is 0.454. The standard InChI is InChI=1S/C24H23BrN2O4/c1-4-31-22-18(25)13-17(14-21(22)30-3)24(29)27-20-12-8-11-19(15(20)2)26-23(28)16-9-6-5-7-10-16/h5-14H,4H2,1-3H3,(H,26,28)(H,27,29). The number of anilines is 2. The smallest absolute Gasteiger partial charge is 0.255 e. The fraction of sp³-hybridized carbons (Fsp3) is 0.167. The molecule has 3 aromatic rings. The largest absolute Gasteiger partial charge is 0.493 e. The first-order chi connectivity index (χ1) is 14.9. The van der Waals surface area contributed by atoms with Crippen LogP contribution in [0.1, 0.15) is 33.2 Å². The highest BCUT2D eigenvalue weighted by Gasteiger charge is 2.17. The Labute approximate surface area is 189 Å². The Morgan fingerprint density at radius 3 is 2.10 bits per heavy atom. The lowest BCUT2D eigenvalue weighted by Crippen LogP contribution is -2.16. The number of benzene rings is 3. The topological polar surface area (TPSA) is 76.7 Å². The number of carbonyl (C=O) groups excluding carboxylic acids is 2. The molecule has 6 nitrogen and oxygen atoms in total. The monoisotopic (exact) mass is 482 g/mol. The van der Waals surface area contributed by atoms with Gasteiger partial charge in [0.2, 0.25) is 0 Å². The first-order valence-corrected chi connectivity index (χ1v) is 10.5. The summed E-state index contributed by atoms with van der Waals surface area (Å²) in [5.41, 5.74) is 2.93. The number of methoxy groups -OCH3 is 1. The van der Waals surface area contributed by atoms with E-state index >= 15 is 0 Å². The predicted octanol–water partition coefficient (Wildman–Crippen LogP) is 5.67. The van der Waals surface area contributed by atoms with E-state index in [0.717, 1.165) is 5.56 Å². The summed E-state index contributed by atoms with van der Waals surface area (Å²) in [5, 5.41) is 5.80. The van der Waals surface area contributed by atoms with Crippen LogP contribution in [-0.4, -0.2) is 25.5 Å². The average Bonchev–Trinajstić information content (AvgIpc) is 2.78. The number of nitrogens with one attached hydrogen (secondary N) is 2. The fourth-order valence-electron chi connectivity index (χ4n) is 3.02. The van der Waals surface area contributed by atoms with Crippen LogP contribution >= 0.6 is 15.9 Å². The van der Waals surface area contributed by atoms with Crippen molar-refractivity contribution in [3.63, 3.8) is 0 Å². The Balaban J connectivity index is 1.82. The van der Waals surface area contributed by atoms with Crippen molar-refractivity contribution in [3.8, 4) is 11.5 Å². The molecular weight excluding hydrogens is 460 g/mol. The summed E-state index contributed by atoms with van der Waals surface area (Å²) < 4.78 is 11.6. The Hall–Kier alpha value is -3.32. The number of hydrogen-bond donors (Lipinski definition) is 2. The van der Waals surface area contributed by atoms with Crippen molar-refractivity contribution >= 4 is 39.1 Å². The van der Waals surface area contributed by atoms with E-state index in [4.69, 9.17) is 9.47 Å². The molecule has 0 saturated heterocycles. The molecule has 0 radical (unpaired) electrons. The zero-order valence-corrected chi connectivity index (χ0v) is 19.1. The zero-order valence-electron chi connectivity index (χ0n) is 17.5. The third kappa shape index (κ3) is 5.24. The molecule has 2 amide bonds. The maximum absolute atomic E-state index is 12.9. The average molecular weight is 483 g/mol. The number of carbonyl (C=O) groups is 2. The van der Waals surface area contributed by atoms with Gasteiger partial charge in [-0.25, -0.2) is 0 Å². The summed E-state index contributed by atoms with van der Waals surface area (Å²) in [6.07, 6.45) is 0. The molecule has 0 aliphatic heterocycles. The van der Waals surface area contributed by atoms with Crippen LogP contribution in [0.25, 0.3) is 0 Å². The Kier molecular flexibility index (Phi) is 7.31. The van der Waals surface area contributed by atoms with E-state index in [-0.39, 0.29) is 11.8 Å². The number of halogens is 1. The first kappa shape index (κ1) is 22.4. The molecule has 0 aliphatic rings. The van der Waals surface area contributed by atoms with E-state index < -0.39 is 0 Å². The fourth-order valence-corrected chi connectivity index (χ4v) is 3.58. The van der Waals surface area contributed by atoms with Crippen LogP contribution in [0.3, 0.4) is 0 Å². The van der Waals surface area contributed by atoms with E-state index in [9.17, 15) is 9.59 Å². The van der Waals surface area contributed by atoms with Gasteiger partial charge >= 0.3 is 0 Å². The van der Waals surface area contributed by atoms with Gasteiger partial charge in [0.1, 0.15) is 0 Å². The van der Waals surface area contributed by atoms with E-state index in [1.807, 2.05) is 32.0 Å². The van der Waals surface area contributed by atoms with E-state index in [0.29, 0.717) is 45.1 Å². The molecule has 0 unspecified atom stereocenters. The number of rotatable bonds is 7. The van der Waals surface area contributed by atoms with Gasteiger partial charge in [-0.1, -0.05) is 24.3 Å². The highest BCUT2D eigenvalue weighted by Crippen LogP contribution is 2.37. The molecule has 0 fully saturated rings. The Bertz CT molecular complexity index is 1100. The summed E-state index contributed by atoms with van der Waals surface area (Å²) >= 11 is 3.44. The van der Waals surface area contributed by atoms with Gasteiger partial charge < -0.3 is 20.1 Å². The van der Waals surface area contributed by atoms with Crippen molar-refractivity contribution in [1.29, 1.82) is 0 Å². The normalized spacial score (nSPS) is 10.3. The van der Waals surface area contributed by atoms with Crippen molar-refractivity contribution in [2.75, 3.05) is 24.4 Å². The highest BCUT2D eigenvalue weighted by molar-refractivity contribution is 9.10. The van der Waals surface area contributed by atoms with Crippen molar-refractivity contribution in [2.45, 2.75) is 13.8 Å². The molecule has 3 rings (SSSR count). The molecule has 3 aromatic carbocycles. The lowest BCUT2D eigenvalue weighted by atomic mass is 10.1. The summed E-state index contributed by atoms with van der Waals surface area (Å²) in [6.45, 7) is 4.19. The molecule has 0 atom stereocenters. The van der Waals surface area contributed by atoms with Crippen LogP contribution in [0, 0.1) is 6.92 Å². The molecule has 0 aliphatic carbocycles. The summed E-state index contributed by atoms with van der Waals surface area (Å²) in [4.78, 5) is 25.4. The van der Waals surface area contributed by atoms with Gasteiger partial charge in [0, 0.05) is 22.5 Å². The van der Waals surface area contributed by atoms with Gasteiger partial charge in [0.15, 0.2) is 11.5 Å². The zero-order chi connectivity index (χ0) is 22.4. The van der Waals surface area contributed by atoms with Crippen LogP contribution in [0.2, 0.25) is 0 Å². The molecular formula is C24H23BrN2O4. The van der Waals surface area contributed by atoms with Gasteiger partial charge in [-0.05, 0) is 71.7 Å². The SMILES string of the molecule is CCOc1c(Br)cc(C(=O)Nc2cccc(NC(=O)c3ccccc3)c2C)cc1OC. The third-order valence-electron chi connectivity index (χ3n) is 4.65. The molecule has 31 heavy (non-hydrogen) atoms. The second kappa shape index (κ2) is 10.1. The molecule has 2 N–H and O–H groups in total. The molecule has 160 valence electrons. The Morgan fingerprint density at radius 2 is 1.52 bits per heavy atom. The van der Waals surface area contributed by atoms with Crippen LogP contribution in [0.5, 0.6) is 11.5 Å². The number of amides is 2. The number of hydrogen-bond acceptors (Lipinski definition) is 4. The molecule has 0 heterocycles. The molecule has 0 bridgehead atoms. The highest BCUT2D eigenvalue weighted by atomic mass is 79.9. The lowest BCUT2D eigenvalue weighted by Gasteiger charge is -2.15. The second-order valence-electron chi connectivity index (χ2n) is 6.67. The van der Waals surface area contributed by atoms with Crippen LogP contribution < -0.4 is 20.1 Å². The molecule has 0 saturated carbocycles. The maximum Gasteiger partial charge on any atom is 0.255 e. The predicted molar refractivity (Wildman–Crippen MR) is 125 cm³/mol. The molecule has 0 spiro atoms. The molecule has 0 aromatic heterocycles. The first-order valence-electron chi connectivity index (χ1n) is 9.72. The van der Waals surface area contributed by atoms with Gasteiger partial charge in [-0.2, -0.15) is 0 Å². The summed E-state index contributed by atoms with van der Waals surface area (Å²) in [6, 6.07) is 17.6. The van der Waals surface area contributed by atoms with Crippen LogP contribution in [0.15, 0.2) is 65.1 Å². The minimum atomic E-state index is -0.309. The van der Waals surface area contributed by atoms with E-state index in [2.05, 4.69) is 26.6 Å². The van der Waals surface area contributed by atoms with E-state index in [1.54, 1.807) is 42.5 Å². The van der Waals surface area contributed by atoms with Crippen LogP contribution in [-0.2, 0) is 0 Å². The second-order valence-corrected chi connectivity index (χ2v) is 7.53. The van der Waals surface area contributed by atoms with Crippen molar-refractivity contribution in [2.24, 2.45) is 0 Å². The van der Waals surface area contributed by atoms with Crippen LogP contribution in [0.4, 0.5) is 11.4 Å². The summed E-state index contributed by atoms with van der Waals surface area (Å²) in [5.74, 6) is 0.481. The van der Waals surface area contributed by atoms with Crippen molar-refractivity contribution < 1.29 is 19.1 Å². The summed E-state index contributed by atoms with van der Waals surface area (Å²) in [7, 11) is 1.52. The van der Waals surface area contributed by atoms with Crippen molar-refractivity contribution in [3.05, 3.63) is 81.8 Å². The molecule has 7 heteroatoms. The van der Waals surface area contributed by atoms with E-state index in [1.165, 1.54) is 7.11 Å². The number of ether oxygens (including phenoxy) is 2. The van der Waals surface area contributed by atoms with Crippen molar-refractivity contribution in [1.82, 2.24) is 0 Å². The third-order valence-corrected chi connectivity index (χ3v) is 5.24. The Morgan fingerprint density at radius 1 is 0.903 bits per heavy atom. The van der Waals surface area contributed by atoms with Gasteiger partial charge in [0.05, 0.1) is 18.2 Å². The van der Waals surface area contributed by atoms with Gasteiger partial charge in [-0.3, -0.25) is 9.59 Å².